The molecule has 0 aromatic carbocycles. The van der Waals surface area contributed by atoms with Crippen LogP contribution in [0.25, 0.3) is 0 Å². The number of thiol groups is 1. The molecule has 3 atom stereocenters. The number of hydrogen-bond donors (Lipinski definition) is 2. The maximum atomic E-state index is 10.8. The molecule has 1 N–H and O–H groups in total. The van der Waals surface area contributed by atoms with Gasteiger partial charge in [-0.25, -0.2) is 0 Å². The smallest absolute Gasteiger partial charge is 0.307 e. The summed E-state index contributed by atoms with van der Waals surface area (Å²) in [6.45, 7) is 2.18. The summed E-state index contributed by atoms with van der Waals surface area (Å²) >= 11 is 4.37. The predicted molar refractivity (Wildman–Crippen MR) is 56.1 cm³/mol. The van der Waals surface area contributed by atoms with Gasteiger partial charge in [-0.2, -0.15) is 12.6 Å². The second-order valence-electron chi connectivity index (χ2n) is 3.98. The lowest BCUT2D eigenvalue weighted by molar-refractivity contribution is -0.142. The molecule has 0 radical (unpaired) electrons. The third-order valence-electron chi connectivity index (χ3n) is 2.94. The molecule has 3 heteroatoms. The minimum Gasteiger partial charge on any atom is -0.481 e. The van der Waals surface area contributed by atoms with E-state index in [4.69, 9.17) is 5.11 Å². The predicted octanol–water partition coefficient (Wildman–Crippen LogP) is 2.59. The van der Waals surface area contributed by atoms with Crippen LogP contribution in [0.2, 0.25) is 0 Å². The van der Waals surface area contributed by atoms with Gasteiger partial charge in [0, 0.05) is 5.25 Å². The summed E-state index contributed by atoms with van der Waals surface area (Å²) in [6.07, 6.45) is 5.29. The highest BCUT2D eigenvalue weighted by Crippen LogP contribution is 2.34. The van der Waals surface area contributed by atoms with Gasteiger partial charge in [-0.15, -0.1) is 0 Å². The first kappa shape index (κ1) is 10.9. The molecular weight excluding hydrogens is 184 g/mol. The van der Waals surface area contributed by atoms with E-state index in [1.165, 1.54) is 12.8 Å². The molecule has 0 bridgehead atoms. The Bertz CT molecular complexity index is 182. The van der Waals surface area contributed by atoms with E-state index >= 15 is 0 Å². The molecule has 0 heterocycles. The summed E-state index contributed by atoms with van der Waals surface area (Å²) < 4.78 is 0. The van der Waals surface area contributed by atoms with E-state index in [1.807, 2.05) is 0 Å². The fraction of sp³-hybridized carbons (Fsp3) is 0.900. The van der Waals surface area contributed by atoms with Gasteiger partial charge in [-0.1, -0.05) is 19.8 Å². The first-order valence-electron chi connectivity index (χ1n) is 5.06. The molecule has 0 saturated heterocycles. The first-order chi connectivity index (χ1) is 6.15. The van der Waals surface area contributed by atoms with Crippen molar-refractivity contribution in [3.63, 3.8) is 0 Å². The van der Waals surface area contributed by atoms with E-state index in [9.17, 15) is 4.79 Å². The summed E-state index contributed by atoms with van der Waals surface area (Å²) in [4.78, 5) is 10.8. The molecule has 1 aliphatic rings. The van der Waals surface area contributed by atoms with Crippen molar-refractivity contribution in [3.8, 4) is 0 Å². The minimum atomic E-state index is -0.671. The molecule has 2 nitrogen and oxygen atoms in total. The van der Waals surface area contributed by atoms with Crippen LogP contribution in [0, 0.1) is 11.8 Å². The lowest BCUT2D eigenvalue weighted by Crippen LogP contribution is -2.31. The van der Waals surface area contributed by atoms with Crippen LogP contribution in [0.4, 0.5) is 0 Å². The largest absolute Gasteiger partial charge is 0.481 e. The second-order valence-corrected chi connectivity index (χ2v) is 4.64. The highest BCUT2D eigenvalue weighted by Gasteiger charge is 2.32. The standard InChI is InChI=1S/C10H18O2S/c1-2-3-7-4-5-8(10(11)12)9(13)6-7/h7-9,13H,2-6H2,1H3,(H,11,12). The van der Waals surface area contributed by atoms with Crippen molar-refractivity contribution in [2.75, 3.05) is 0 Å². The number of carboxylic acids is 1. The van der Waals surface area contributed by atoms with E-state index in [1.54, 1.807) is 0 Å². The topological polar surface area (TPSA) is 37.3 Å². The monoisotopic (exact) mass is 202 g/mol. The Morgan fingerprint density at radius 3 is 2.69 bits per heavy atom. The summed E-state index contributed by atoms with van der Waals surface area (Å²) in [5, 5.41) is 8.95. The Kier molecular flexibility index (Phi) is 4.10. The Hall–Kier alpha value is -0.180. The number of aliphatic carboxylic acids is 1. The molecule has 0 spiro atoms. The third kappa shape index (κ3) is 2.90. The molecule has 1 rings (SSSR count). The van der Waals surface area contributed by atoms with Gasteiger partial charge in [-0.3, -0.25) is 4.79 Å². The fourth-order valence-electron chi connectivity index (χ4n) is 2.19. The van der Waals surface area contributed by atoms with Crippen LogP contribution in [-0.4, -0.2) is 16.3 Å². The van der Waals surface area contributed by atoms with Crippen molar-refractivity contribution in [2.24, 2.45) is 11.8 Å². The average Bonchev–Trinajstić information content (AvgIpc) is 2.04. The Morgan fingerprint density at radius 2 is 2.23 bits per heavy atom. The molecule has 3 unspecified atom stereocenters. The highest BCUT2D eigenvalue weighted by atomic mass is 32.1. The number of carbonyl (C=O) groups is 1. The molecule has 0 aliphatic heterocycles. The van der Waals surface area contributed by atoms with E-state index in [2.05, 4.69) is 19.6 Å². The normalized spacial score (nSPS) is 34.5. The van der Waals surface area contributed by atoms with E-state index in [0.717, 1.165) is 19.3 Å². The van der Waals surface area contributed by atoms with E-state index in [-0.39, 0.29) is 11.2 Å². The zero-order valence-corrected chi connectivity index (χ0v) is 8.96. The van der Waals surface area contributed by atoms with Crippen LogP contribution in [0.1, 0.15) is 39.0 Å². The van der Waals surface area contributed by atoms with Crippen LogP contribution in [0.15, 0.2) is 0 Å². The van der Waals surface area contributed by atoms with Crippen molar-refractivity contribution < 1.29 is 9.90 Å². The zero-order chi connectivity index (χ0) is 9.84. The van der Waals surface area contributed by atoms with Gasteiger partial charge in [0.1, 0.15) is 0 Å². The average molecular weight is 202 g/mol. The van der Waals surface area contributed by atoms with Gasteiger partial charge in [0.2, 0.25) is 0 Å². The Balaban J connectivity index is 2.42. The summed E-state index contributed by atoms with van der Waals surface area (Å²) in [7, 11) is 0. The van der Waals surface area contributed by atoms with Crippen molar-refractivity contribution in [1.29, 1.82) is 0 Å². The molecular formula is C10H18O2S. The van der Waals surface area contributed by atoms with Gasteiger partial charge < -0.3 is 5.11 Å². The van der Waals surface area contributed by atoms with Crippen LogP contribution in [-0.2, 0) is 4.79 Å². The van der Waals surface area contributed by atoms with Crippen molar-refractivity contribution in [3.05, 3.63) is 0 Å². The van der Waals surface area contributed by atoms with Crippen molar-refractivity contribution >= 4 is 18.6 Å². The minimum absolute atomic E-state index is 0.0720. The quantitative estimate of drug-likeness (QED) is 0.690. The van der Waals surface area contributed by atoms with Gasteiger partial charge >= 0.3 is 5.97 Å². The number of carboxylic acid groups (broad SMARTS) is 1. The molecule has 13 heavy (non-hydrogen) atoms. The summed E-state index contributed by atoms with van der Waals surface area (Å²) in [5.74, 6) is -0.172. The molecule has 0 aromatic rings. The molecule has 76 valence electrons. The van der Waals surface area contributed by atoms with Crippen molar-refractivity contribution in [1.82, 2.24) is 0 Å². The Labute approximate surface area is 85.1 Å². The van der Waals surface area contributed by atoms with Gasteiger partial charge in [0.15, 0.2) is 0 Å². The number of hydrogen-bond acceptors (Lipinski definition) is 2. The molecule has 1 saturated carbocycles. The third-order valence-corrected chi connectivity index (χ3v) is 3.51. The lowest BCUT2D eigenvalue weighted by atomic mass is 9.80. The maximum Gasteiger partial charge on any atom is 0.307 e. The number of rotatable bonds is 3. The summed E-state index contributed by atoms with van der Waals surface area (Å²) in [6, 6.07) is 0. The molecule has 0 aromatic heterocycles. The van der Waals surface area contributed by atoms with E-state index in [0.29, 0.717) is 5.92 Å². The second kappa shape index (κ2) is 4.89. The SMILES string of the molecule is CCCC1CCC(C(=O)O)C(S)C1. The highest BCUT2D eigenvalue weighted by molar-refractivity contribution is 7.81. The van der Waals surface area contributed by atoms with Gasteiger partial charge in [-0.05, 0) is 25.2 Å². The molecule has 0 amide bonds. The lowest BCUT2D eigenvalue weighted by Gasteiger charge is -2.30. The van der Waals surface area contributed by atoms with Crippen LogP contribution < -0.4 is 0 Å². The first-order valence-corrected chi connectivity index (χ1v) is 5.57. The van der Waals surface area contributed by atoms with Crippen molar-refractivity contribution in [2.45, 2.75) is 44.3 Å². The fourth-order valence-corrected chi connectivity index (χ4v) is 2.76. The van der Waals surface area contributed by atoms with Crippen LogP contribution in [0.3, 0.4) is 0 Å². The Morgan fingerprint density at radius 1 is 1.54 bits per heavy atom. The maximum absolute atomic E-state index is 10.8. The van der Waals surface area contributed by atoms with Gasteiger partial charge in [0.05, 0.1) is 5.92 Å². The van der Waals surface area contributed by atoms with Crippen LogP contribution >= 0.6 is 12.6 Å². The van der Waals surface area contributed by atoms with Crippen LogP contribution in [0.5, 0.6) is 0 Å². The molecule has 1 fully saturated rings. The zero-order valence-electron chi connectivity index (χ0n) is 8.07. The van der Waals surface area contributed by atoms with Gasteiger partial charge in [0.25, 0.3) is 0 Å². The van der Waals surface area contributed by atoms with E-state index < -0.39 is 5.97 Å². The summed E-state index contributed by atoms with van der Waals surface area (Å²) in [5.41, 5.74) is 0. The molecule has 1 aliphatic carbocycles.